The summed E-state index contributed by atoms with van der Waals surface area (Å²) in [6.07, 6.45) is 2.81. The standard InChI is InChI=1S/C18H27F3N4OS/c1-3-26-14-9-12(17(14)7-5-4-6-8-17)25-16(22-2)23-10-15-24-13(11-27-15)18(19,20)21/h11-12,14H,3-10H2,1-2H3,(H2,22,23,25). The molecule has 2 fully saturated rings. The third-order valence-corrected chi connectivity index (χ3v) is 6.57. The molecule has 1 aromatic heterocycles. The van der Waals surface area contributed by atoms with Crippen LogP contribution in [-0.4, -0.2) is 36.7 Å². The van der Waals surface area contributed by atoms with Gasteiger partial charge in [0.15, 0.2) is 11.7 Å². The van der Waals surface area contributed by atoms with Crippen molar-refractivity contribution in [1.82, 2.24) is 15.6 Å². The number of nitrogens with one attached hydrogen (secondary N) is 2. The molecule has 2 aliphatic rings. The molecule has 1 spiro atoms. The molecule has 2 atom stereocenters. The van der Waals surface area contributed by atoms with Crippen molar-refractivity contribution in [2.24, 2.45) is 10.4 Å². The number of aliphatic imine (C=N–C) groups is 1. The molecule has 9 heteroatoms. The summed E-state index contributed by atoms with van der Waals surface area (Å²) in [5.74, 6) is 0.601. The summed E-state index contributed by atoms with van der Waals surface area (Å²) in [6, 6.07) is 0.280. The predicted molar refractivity (Wildman–Crippen MR) is 99.8 cm³/mol. The van der Waals surface area contributed by atoms with E-state index in [-0.39, 0.29) is 24.1 Å². The lowest BCUT2D eigenvalue weighted by atomic mass is 9.55. The van der Waals surface area contributed by atoms with Crippen LogP contribution in [0.2, 0.25) is 0 Å². The van der Waals surface area contributed by atoms with Gasteiger partial charge in [0.05, 0.1) is 12.6 Å². The number of aromatic nitrogens is 1. The second-order valence-corrected chi connectivity index (χ2v) is 8.16. The number of hydrogen-bond donors (Lipinski definition) is 2. The molecule has 0 saturated heterocycles. The zero-order valence-electron chi connectivity index (χ0n) is 15.7. The quantitative estimate of drug-likeness (QED) is 0.576. The number of ether oxygens (including phenoxy) is 1. The molecule has 1 heterocycles. The van der Waals surface area contributed by atoms with Gasteiger partial charge in [-0.15, -0.1) is 11.3 Å². The van der Waals surface area contributed by atoms with Gasteiger partial charge in [-0.05, 0) is 26.2 Å². The van der Waals surface area contributed by atoms with Crippen molar-refractivity contribution in [3.63, 3.8) is 0 Å². The summed E-state index contributed by atoms with van der Waals surface area (Å²) in [5.41, 5.74) is -0.691. The molecule has 0 radical (unpaired) electrons. The van der Waals surface area contributed by atoms with Gasteiger partial charge in [0, 0.05) is 30.5 Å². The van der Waals surface area contributed by atoms with Crippen molar-refractivity contribution in [2.75, 3.05) is 13.7 Å². The highest BCUT2D eigenvalue weighted by atomic mass is 32.1. The van der Waals surface area contributed by atoms with Crippen LogP contribution < -0.4 is 10.6 Å². The van der Waals surface area contributed by atoms with Crippen LogP contribution in [0.25, 0.3) is 0 Å². The van der Waals surface area contributed by atoms with Crippen LogP contribution in [0.1, 0.15) is 56.2 Å². The first-order chi connectivity index (χ1) is 12.9. The van der Waals surface area contributed by atoms with Crippen molar-refractivity contribution < 1.29 is 17.9 Å². The first kappa shape index (κ1) is 20.4. The van der Waals surface area contributed by atoms with Crippen LogP contribution >= 0.6 is 11.3 Å². The van der Waals surface area contributed by atoms with Gasteiger partial charge in [0.2, 0.25) is 0 Å². The largest absolute Gasteiger partial charge is 0.434 e. The van der Waals surface area contributed by atoms with Crippen molar-refractivity contribution in [1.29, 1.82) is 0 Å². The molecule has 0 aromatic carbocycles. The molecular weight excluding hydrogens is 377 g/mol. The number of nitrogens with zero attached hydrogens (tertiary/aromatic N) is 2. The average molecular weight is 405 g/mol. The van der Waals surface area contributed by atoms with Gasteiger partial charge in [-0.3, -0.25) is 4.99 Å². The Labute approximate surface area is 161 Å². The number of guanidine groups is 1. The van der Waals surface area contributed by atoms with E-state index < -0.39 is 11.9 Å². The highest BCUT2D eigenvalue weighted by molar-refractivity contribution is 7.09. The van der Waals surface area contributed by atoms with E-state index in [1.54, 1.807) is 7.05 Å². The Morgan fingerprint density at radius 2 is 2.11 bits per heavy atom. The number of alkyl halides is 3. The average Bonchev–Trinajstić information content (AvgIpc) is 3.13. The molecule has 152 valence electrons. The Bertz CT molecular complexity index is 655. The molecule has 27 heavy (non-hydrogen) atoms. The van der Waals surface area contributed by atoms with Crippen molar-refractivity contribution in [2.45, 2.75) is 70.3 Å². The maximum atomic E-state index is 12.7. The summed E-state index contributed by atoms with van der Waals surface area (Å²) in [4.78, 5) is 7.89. The van der Waals surface area contributed by atoms with Crippen LogP contribution in [0.15, 0.2) is 10.4 Å². The van der Waals surface area contributed by atoms with Gasteiger partial charge >= 0.3 is 6.18 Å². The lowest BCUT2D eigenvalue weighted by Gasteiger charge is -2.57. The molecule has 2 unspecified atom stereocenters. The molecule has 2 aliphatic carbocycles. The minimum atomic E-state index is -4.40. The normalized spacial score (nSPS) is 25.3. The van der Waals surface area contributed by atoms with Crippen LogP contribution in [-0.2, 0) is 17.5 Å². The molecule has 2 saturated carbocycles. The summed E-state index contributed by atoms with van der Waals surface area (Å²) in [5, 5.41) is 8.00. The molecular formula is C18H27F3N4OS. The molecule has 5 nitrogen and oxygen atoms in total. The van der Waals surface area contributed by atoms with E-state index in [0.717, 1.165) is 42.6 Å². The van der Waals surface area contributed by atoms with E-state index in [4.69, 9.17) is 4.74 Å². The number of hydrogen-bond acceptors (Lipinski definition) is 4. The van der Waals surface area contributed by atoms with Gasteiger partial charge in [-0.2, -0.15) is 13.2 Å². The molecule has 3 rings (SSSR count). The van der Waals surface area contributed by atoms with Crippen LogP contribution in [0.4, 0.5) is 13.2 Å². The van der Waals surface area contributed by atoms with E-state index in [1.165, 1.54) is 19.3 Å². The Morgan fingerprint density at radius 1 is 1.37 bits per heavy atom. The van der Waals surface area contributed by atoms with Crippen molar-refractivity contribution >= 4 is 17.3 Å². The number of thiazole rings is 1. The minimum absolute atomic E-state index is 0.149. The van der Waals surface area contributed by atoms with E-state index in [2.05, 4.69) is 20.6 Å². The summed E-state index contributed by atoms with van der Waals surface area (Å²) >= 11 is 1.000. The fourth-order valence-corrected chi connectivity index (χ4v) is 5.05. The fraction of sp³-hybridized carbons (Fsp3) is 0.778. The zero-order chi connectivity index (χ0) is 19.5. The molecule has 0 bridgehead atoms. The van der Waals surface area contributed by atoms with Crippen molar-refractivity contribution in [3.8, 4) is 0 Å². The monoisotopic (exact) mass is 404 g/mol. The zero-order valence-corrected chi connectivity index (χ0v) is 16.6. The smallest absolute Gasteiger partial charge is 0.378 e. The highest BCUT2D eigenvalue weighted by Gasteiger charge is 2.55. The number of rotatable bonds is 5. The van der Waals surface area contributed by atoms with Crippen LogP contribution in [0, 0.1) is 5.41 Å². The lowest BCUT2D eigenvalue weighted by Crippen LogP contribution is -2.66. The van der Waals surface area contributed by atoms with E-state index in [1.807, 2.05) is 6.92 Å². The van der Waals surface area contributed by atoms with Gasteiger partial charge in [0.25, 0.3) is 0 Å². The van der Waals surface area contributed by atoms with E-state index in [9.17, 15) is 13.2 Å². The Kier molecular flexibility index (Phi) is 6.30. The van der Waals surface area contributed by atoms with Gasteiger partial charge in [-0.1, -0.05) is 19.3 Å². The third kappa shape index (κ3) is 4.39. The summed E-state index contributed by atoms with van der Waals surface area (Å²) in [6.45, 7) is 2.97. The van der Waals surface area contributed by atoms with Gasteiger partial charge in [-0.25, -0.2) is 4.98 Å². The second kappa shape index (κ2) is 8.34. The molecule has 0 aliphatic heterocycles. The summed E-state index contributed by atoms with van der Waals surface area (Å²) in [7, 11) is 1.67. The third-order valence-electron chi connectivity index (χ3n) is 5.72. The minimum Gasteiger partial charge on any atom is -0.378 e. The maximum Gasteiger partial charge on any atom is 0.434 e. The summed E-state index contributed by atoms with van der Waals surface area (Å²) < 4.78 is 44.0. The number of halogens is 3. The first-order valence-corrected chi connectivity index (χ1v) is 10.4. The molecule has 2 N–H and O–H groups in total. The lowest BCUT2D eigenvalue weighted by molar-refractivity contribution is -0.145. The molecule has 1 aromatic rings. The van der Waals surface area contributed by atoms with Crippen LogP contribution in [0.5, 0.6) is 0 Å². The van der Waals surface area contributed by atoms with Gasteiger partial charge in [0.1, 0.15) is 5.01 Å². The maximum absolute atomic E-state index is 12.7. The van der Waals surface area contributed by atoms with E-state index in [0.29, 0.717) is 11.0 Å². The molecule has 0 amide bonds. The van der Waals surface area contributed by atoms with Crippen molar-refractivity contribution in [3.05, 3.63) is 16.1 Å². The fourth-order valence-electron chi connectivity index (χ4n) is 4.31. The van der Waals surface area contributed by atoms with Crippen LogP contribution in [0.3, 0.4) is 0 Å². The topological polar surface area (TPSA) is 58.5 Å². The Hall–Kier alpha value is -1.35. The Morgan fingerprint density at radius 3 is 2.70 bits per heavy atom. The van der Waals surface area contributed by atoms with E-state index >= 15 is 0 Å². The van der Waals surface area contributed by atoms with Gasteiger partial charge < -0.3 is 15.4 Å². The Balaban J connectivity index is 1.58. The first-order valence-electron chi connectivity index (χ1n) is 9.49. The second-order valence-electron chi connectivity index (χ2n) is 7.22. The SMILES string of the molecule is CCOC1CC(NC(=NC)NCc2nc(C(F)(F)F)cs2)C12CCCCC2. The highest BCUT2D eigenvalue weighted by Crippen LogP contribution is 2.53. The predicted octanol–water partition coefficient (Wildman–Crippen LogP) is 3.95.